The van der Waals surface area contributed by atoms with Crippen molar-refractivity contribution in [3.63, 3.8) is 0 Å². The molecular formula is C20H15NO5. The van der Waals surface area contributed by atoms with E-state index in [1.807, 2.05) is 13.0 Å². The highest BCUT2D eigenvalue weighted by Crippen LogP contribution is 2.24. The average molecular weight is 349 g/mol. The van der Waals surface area contributed by atoms with Crippen LogP contribution >= 0.6 is 0 Å². The summed E-state index contributed by atoms with van der Waals surface area (Å²) in [6, 6.07) is 13.4. The summed E-state index contributed by atoms with van der Waals surface area (Å²) in [5.74, 6) is -0.119. The van der Waals surface area contributed by atoms with E-state index in [2.05, 4.69) is 0 Å². The fraction of sp³-hybridized carbons (Fsp3) is 0.150. The molecule has 4 rings (SSSR count). The molecule has 1 aliphatic rings. The van der Waals surface area contributed by atoms with Gasteiger partial charge in [-0.25, -0.2) is 4.79 Å². The highest BCUT2D eigenvalue weighted by molar-refractivity contribution is 6.21. The molecule has 0 radical (unpaired) electrons. The van der Waals surface area contributed by atoms with Crippen LogP contribution in [0, 0.1) is 6.92 Å². The number of rotatable bonds is 4. The standard InChI is InChI=1S/C20H15NO5/c1-12-10-18(22)26-17-11-13(6-7-14(12)17)25-9-8-21-19(23)15-4-2-3-5-16(15)20(21)24/h2-7,10-11H,8-9H2,1H3. The second-order valence-electron chi connectivity index (χ2n) is 6.06. The second-order valence-corrected chi connectivity index (χ2v) is 6.06. The van der Waals surface area contributed by atoms with Crippen LogP contribution in [0.5, 0.6) is 5.75 Å². The number of hydrogen-bond acceptors (Lipinski definition) is 5. The molecule has 6 nitrogen and oxygen atoms in total. The first kappa shape index (κ1) is 16.1. The van der Waals surface area contributed by atoms with Gasteiger partial charge in [-0.3, -0.25) is 14.5 Å². The van der Waals surface area contributed by atoms with Crippen molar-refractivity contribution < 1.29 is 18.7 Å². The molecule has 6 heteroatoms. The Morgan fingerprint density at radius 2 is 1.65 bits per heavy atom. The van der Waals surface area contributed by atoms with E-state index in [4.69, 9.17) is 9.15 Å². The van der Waals surface area contributed by atoms with Crippen molar-refractivity contribution in [2.45, 2.75) is 6.92 Å². The normalized spacial score (nSPS) is 13.3. The minimum absolute atomic E-state index is 0.141. The summed E-state index contributed by atoms with van der Waals surface area (Å²) in [5.41, 5.74) is 1.68. The minimum Gasteiger partial charge on any atom is -0.492 e. The third-order valence-electron chi connectivity index (χ3n) is 4.38. The van der Waals surface area contributed by atoms with E-state index in [0.29, 0.717) is 22.5 Å². The van der Waals surface area contributed by atoms with Crippen LogP contribution in [0.1, 0.15) is 26.3 Å². The lowest BCUT2D eigenvalue weighted by Crippen LogP contribution is -2.33. The Morgan fingerprint density at radius 1 is 0.962 bits per heavy atom. The number of amides is 2. The molecule has 130 valence electrons. The molecule has 0 N–H and O–H groups in total. The van der Waals surface area contributed by atoms with E-state index in [-0.39, 0.29) is 25.0 Å². The number of nitrogens with zero attached hydrogens (tertiary/aromatic N) is 1. The molecule has 2 heterocycles. The number of benzene rings is 2. The Morgan fingerprint density at radius 3 is 2.35 bits per heavy atom. The van der Waals surface area contributed by atoms with Crippen molar-refractivity contribution in [3.8, 4) is 5.75 Å². The van der Waals surface area contributed by atoms with E-state index < -0.39 is 5.63 Å². The maximum Gasteiger partial charge on any atom is 0.336 e. The fourth-order valence-corrected chi connectivity index (χ4v) is 3.09. The van der Waals surface area contributed by atoms with Gasteiger partial charge in [-0.05, 0) is 36.8 Å². The molecule has 2 amide bonds. The van der Waals surface area contributed by atoms with Crippen LogP contribution in [0.25, 0.3) is 11.0 Å². The SMILES string of the molecule is Cc1cc(=O)oc2cc(OCCN3C(=O)c4ccccc4C3=O)ccc12. The lowest BCUT2D eigenvalue weighted by Gasteiger charge is -2.14. The zero-order valence-corrected chi connectivity index (χ0v) is 14.0. The van der Waals surface area contributed by atoms with Gasteiger partial charge in [0.15, 0.2) is 0 Å². The van der Waals surface area contributed by atoms with E-state index in [1.165, 1.54) is 11.0 Å². The molecule has 0 spiro atoms. The van der Waals surface area contributed by atoms with E-state index in [0.717, 1.165) is 10.9 Å². The average Bonchev–Trinajstić information content (AvgIpc) is 2.86. The van der Waals surface area contributed by atoms with Gasteiger partial charge in [0, 0.05) is 17.5 Å². The first-order valence-electron chi connectivity index (χ1n) is 8.17. The first-order chi connectivity index (χ1) is 12.5. The molecule has 2 aromatic carbocycles. The number of carbonyl (C=O) groups excluding carboxylic acids is 2. The van der Waals surface area contributed by atoms with Gasteiger partial charge in [-0.1, -0.05) is 12.1 Å². The van der Waals surface area contributed by atoms with Gasteiger partial charge in [0.1, 0.15) is 17.9 Å². The zero-order chi connectivity index (χ0) is 18.3. The van der Waals surface area contributed by atoms with Gasteiger partial charge in [0.25, 0.3) is 11.8 Å². The smallest absolute Gasteiger partial charge is 0.336 e. The van der Waals surface area contributed by atoms with Crippen molar-refractivity contribution in [1.82, 2.24) is 4.90 Å². The third kappa shape index (κ3) is 2.65. The largest absolute Gasteiger partial charge is 0.492 e. The number of aryl methyl sites for hydroxylation is 1. The molecule has 26 heavy (non-hydrogen) atoms. The van der Waals surface area contributed by atoms with Crippen molar-refractivity contribution in [2.75, 3.05) is 13.2 Å². The fourth-order valence-electron chi connectivity index (χ4n) is 3.09. The Kier molecular flexibility index (Phi) is 3.80. The predicted octanol–water partition coefficient (Wildman–Crippen LogP) is 2.78. The quantitative estimate of drug-likeness (QED) is 0.535. The predicted molar refractivity (Wildman–Crippen MR) is 94.5 cm³/mol. The Balaban J connectivity index is 1.47. The lowest BCUT2D eigenvalue weighted by atomic mass is 10.1. The van der Waals surface area contributed by atoms with Crippen LogP contribution in [0.3, 0.4) is 0 Å². The lowest BCUT2D eigenvalue weighted by molar-refractivity contribution is 0.0631. The highest BCUT2D eigenvalue weighted by Gasteiger charge is 2.34. The minimum atomic E-state index is -0.418. The Labute approximate surface area is 148 Å². The maximum atomic E-state index is 12.3. The van der Waals surface area contributed by atoms with E-state index in [1.54, 1.807) is 36.4 Å². The number of ether oxygens (including phenoxy) is 1. The summed E-state index contributed by atoms with van der Waals surface area (Å²) < 4.78 is 10.8. The molecule has 0 saturated carbocycles. The number of carbonyl (C=O) groups is 2. The van der Waals surface area contributed by atoms with Crippen LogP contribution in [0.4, 0.5) is 0 Å². The summed E-state index contributed by atoms with van der Waals surface area (Å²) in [4.78, 5) is 37.3. The summed E-state index contributed by atoms with van der Waals surface area (Å²) in [7, 11) is 0. The van der Waals surface area contributed by atoms with Crippen molar-refractivity contribution >= 4 is 22.8 Å². The van der Waals surface area contributed by atoms with Gasteiger partial charge in [-0.15, -0.1) is 0 Å². The molecule has 1 aromatic heterocycles. The van der Waals surface area contributed by atoms with Gasteiger partial charge in [0.2, 0.25) is 0 Å². The van der Waals surface area contributed by atoms with Crippen LogP contribution in [-0.4, -0.2) is 29.9 Å². The summed E-state index contributed by atoms with van der Waals surface area (Å²) in [5, 5.41) is 0.831. The van der Waals surface area contributed by atoms with Gasteiger partial charge >= 0.3 is 5.63 Å². The number of imide groups is 1. The molecular weight excluding hydrogens is 334 g/mol. The molecule has 0 bridgehead atoms. The molecule has 3 aromatic rings. The summed E-state index contributed by atoms with van der Waals surface area (Å²) in [6.07, 6.45) is 0. The molecule has 0 atom stereocenters. The third-order valence-corrected chi connectivity index (χ3v) is 4.38. The van der Waals surface area contributed by atoms with Gasteiger partial charge in [-0.2, -0.15) is 0 Å². The van der Waals surface area contributed by atoms with Gasteiger partial charge < -0.3 is 9.15 Å². The molecule has 0 fully saturated rings. The maximum absolute atomic E-state index is 12.3. The van der Waals surface area contributed by atoms with Crippen LogP contribution in [-0.2, 0) is 0 Å². The Hall–Kier alpha value is -3.41. The molecule has 0 unspecified atom stereocenters. The van der Waals surface area contributed by atoms with Crippen molar-refractivity contribution in [2.24, 2.45) is 0 Å². The van der Waals surface area contributed by atoms with Gasteiger partial charge in [0.05, 0.1) is 17.7 Å². The topological polar surface area (TPSA) is 76.8 Å². The monoisotopic (exact) mass is 349 g/mol. The van der Waals surface area contributed by atoms with Crippen molar-refractivity contribution in [1.29, 1.82) is 0 Å². The molecule has 0 aliphatic carbocycles. The molecule has 0 saturated heterocycles. The first-order valence-corrected chi connectivity index (χ1v) is 8.17. The van der Waals surface area contributed by atoms with Crippen LogP contribution in [0.2, 0.25) is 0 Å². The summed E-state index contributed by atoms with van der Waals surface area (Å²) >= 11 is 0. The van der Waals surface area contributed by atoms with E-state index >= 15 is 0 Å². The Bertz CT molecular complexity index is 1060. The highest BCUT2D eigenvalue weighted by atomic mass is 16.5. The van der Waals surface area contributed by atoms with Crippen LogP contribution in [0.15, 0.2) is 57.7 Å². The zero-order valence-electron chi connectivity index (χ0n) is 14.0. The second kappa shape index (κ2) is 6.15. The number of fused-ring (bicyclic) bond motifs is 2. The summed E-state index contributed by atoms with van der Waals surface area (Å²) in [6.45, 7) is 2.12. The van der Waals surface area contributed by atoms with Crippen molar-refractivity contribution in [3.05, 3.63) is 75.6 Å². The van der Waals surface area contributed by atoms with E-state index in [9.17, 15) is 14.4 Å². The molecule has 1 aliphatic heterocycles. The van der Waals surface area contributed by atoms with Crippen LogP contribution < -0.4 is 10.4 Å². The number of hydrogen-bond donors (Lipinski definition) is 0.